The van der Waals surface area contributed by atoms with E-state index >= 15 is 0 Å². The molecule has 0 spiro atoms. The zero-order valence-electron chi connectivity index (χ0n) is 13.3. The van der Waals surface area contributed by atoms with E-state index in [0.29, 0.717) is 18.2 Å². The van der Waals surface area contributed by atoms with Crippen LogP contribution in [0.5, 0.6) is 5.75 Å². The van der Waals surface area contributed by atoms with E-state index in [-0.39, 0.29) is 11.3 Å². The van der Waals surface area contributed by atoms with Crippen molar-refractivity contribution in [1.82, 2.24) is 15.5 Å². The van der Waals surface area contributed by atoms with Crippen molar-refractivity contribution in [1.29, 1.82) is 0 Å². The lowest BCUT2D eigenvalue weighted by Crippen LogP contribution is -2.32. The average Bonchev–Trinajstić information content (AvgIpc) is 3.52. The van der Waals surface area contributed by atoms with Crippen LogP contribution in [-0.2, 0) is 5.41 Å². The van der Waals surface area contributed by atoms with Crippen LogP contribution < -0.4 is 10.1 Å². The first kappa shape index (κ1) is 14.3. The fourth-order valence-electron chi connectivity index (χ4n) is 3.17. The molecule has 2 aromatic rings. The molecule has 4 rings (SSSR count). The van der Waals surface area contributed by atoms with Crippen LogP contribution in [-0.4, -0.2) is 29.8 Å². The third-order valence-corrected chi connectivity index (χ3v) is 4.97. The molecule has 0 radical (unpaired) electrons. The molecule has 2 fully saturated rings. The third kappa shape index (κ3) is 2.71. The van der Waals surface area contributed by atoms with E-state index in [0.717, 1.165) is 24.3 Å². The topological polar surface area (TPSA) is 67.0 Å². The van der Waals surface area contributed by atoms with Gasteiger partial charge in [-0.05, 0) is 37.8 Å². The number of benzene rings is 1. The minimum Gasteiger partial charge on any atom is -0.496 e. The summed E-state index contributed by atoms with van der Waals surface area (Å²) in [4.78, 5) is 12.3. The number of aromatic nitrogens is 2. The Morgan fingerprint density at radius 2 is 2.17 bits per heavy atom. The van der Waals surface area contributed by atoms with Gasteiger partial charge in [-0.3, -0.25) is 9.89 Å². The maximum Gasteiger partial charge on any atom is 0.271 e. The molecular formula is C18H21N3O2. The number of amides is 1. The number of methoxy groups -OCH3 is 1. The smallest absolute Gasteiger partial charge is 0.271 e. The van der Waals surface area contributed by atoms with Crippen LogP contribution in [0.4, 0.5) is 0 Å². The lowest BCUT2D eigenvalue weighted by molar-refractivity contribution is 0.0944. The van der Waals surface area contributed by atoms with Crippen molar-refractivity contribution in [3.8, 4) is 5.75 Å². The molecule has 120 valence electrons. The Labute approximate surface area is 135 Å². The van der Waals surface area contributed by atoms with E-state index in [1.54, 1.807) is 7.11 Å². The summed E-state index contributed by atoms with van der Waals surface area (Å²) in [7, 11) is 1.69. The highest BCUT2D eigenvalue weighted by atomic mass is 16.5. The van der Waals surface area contributed by atoms with Crippen molar-refractivity contribution in [2.45, 2.75) is 37.0 Å². The van der Waals surface area contributed by atoms with Crippen LogP contribution in [0.3, 0.4) is 0 Å². The molecule has 5 nitrogen and oxygen atoms in total. The van der Waals surface area contributed by atoms with Gasteiger partial charge in [0.15, 0.2) is 0 Å². The van der Waals surface area contributed by atoms with E-state index in [1.165, 1.54) is 18.4 Å². The maximum atomic E-state index is 12.3. The molecule has 1 aromatic heterocycles. The second-order valence-electron chi connectivity index (χ2n) is 6.65. The molecule has 2 aliphatic carbocycles. The van der Waals surface area contributed by atoms with Gasteiger partial charge < -0.3 is 10.1 Å². The lowest BCUT2D eigenvalue weighted by Gasteiger charge is -2.19. The molecule has 0 unspecified atom stereocenters. The lowest BCUT2D eigenvalue weighted by atomic mass is 9.95. The molecule has 1 aromatic carbocycles. The number of para-hydroxylation sites is 1. The largest absolute Gasteiger partial charge is 0.496 e. The van der Waals surface area contributed by atoms with Gasteiger partial charge in [-0.2, -0.15) is 5.10 Å². The number of carbonyl (C=O) groups is 1. The number of hydrogen-bond acceptors (Lipinski definition) is 3. The van der Waals surface area contributed by atoms with Crippen molar-refractivity contribution in [2.75, 3.05) is 13.7 Å². The quantitative estimate of drug-likeness (QED) is 0.862. The van der Waals surface area contributed by atoms with Gasteiger partial charge in [0.25, 0.3) is 5.91 Å². The van der Waals surface area contributed by atoms with Gasteiger partial charge in [0.2, 0.25) is 0 Å². The monoisotopic (exact) mass is 311 g/mol. The summed E-state index contributed by atoms with van der Waals surface area (Å²) in [6.45, 7) is 0.623. The number of H-pyrrole nitrogens is 1. The van der Waals surface area contributed by atoms with Crippen LogP contribution in [0.15, 0.2) is 30.3 Å². The van der Waals surface area contributed by atoms with Crippen molar-refractivity contribution < 1.29 is 9.53 Å². The summed E-state index contributed by atoms with van der Waals surface area (Å²) in [6, 6.07) is 9.95. The molecule has 2 saturated carbocycles. The predicted octanol–water partition coefficient (Wildman–Crippen LogP) is 2.76. The van der Waals surface area contributed by atoms with Gasteiger partial charge in [-0.15, -0.1) is 0 Å². The molecule has 23 heavy (non-hydrogen) atoms. The van der Waals surface area contributed by atoms with Crippen molar-refractivity contribution >= 4 is 5.91 Å². The van der Waals surface area contributed by atoms with E-state index < -0.39 is 0 Å². The van der Waals surface area contributed by atoms with Crippen molar-refractivity contribution in [3.63, 3.8) is 0 Å². The number of carbonyl (C=O) groups excluding carboxylic acids is 1. The minimum atomic E-state index is -0.102. The molecular weight excluding hydrogens is 290 g/mol. The summed E-state index contributed by atoms with van der Waals surface area (Å²) >= 11 is 0. The Morgan fingerprint density at radius 3 is 2.87 bits per heavy atom. The molecule has 0 bridgehead atoms. The highest BCUT2D eigenvalue weighted by molar-refractivity contribution is 5.92. The molecule has 0 aliphatic heterocycles. The van der Waals surface area contributed by atoms with Gasteiger partial charge in [-0.25, -0.2) is 0 Å². The number of rotatable bonds is 6. The fraction of sp³-hybridized carbons (Fsp3) is 0.444. The second kappa shape index (κ2) is 5.41. The summed E-state index contributed by atoms with van der Waals surface area (Å²) in [5, 5.41) is 10.2. The molecule has 5 heteroatoms. The third-order valence-electron chi connectivity index (χ3n) is 4.97. The molecule has 0 atom stereocenters. The van der Waals surface area contributed by atoms with E-state index in [1.807, 2.05) is 24.3 Å². The SMILES string of the molecule is COc1ccccc1C1(CNC(=O)c2cc(C3CC3)[nH]n2)CC1. The zero-order valence-corrected chi connectivity index (χ0v) is 13.3. The van der Waals surface area contributed by atoms with Crippen LogP contribution in [0.1, 0.15) is 53.3 Å². The first-order valence-electron chi connectivity index (χ1n) is 8.19. The van der Waals surface area contributed by atoms with E-state index in [4.69, 9.17) is 4.74 Å². The Morgan fingerprint density at radius 1 is 1.39 bits per heavy atom. The number of hydrogen-bond donors (Lipinski definition) is 2. The van der Waals surface area contributed by atoms with Crippen LogP contribution in [0.25, 0.3) is 0 Å². The van der Waals surface area contributed by atoms with Gasteiger partial charge in [-0.1, -0.05) is 18.2 Å². The minimum absolute atomic E-state index is 0.0118. The van der Waals surface area contributed by atoms with E-state index in [9.17, 15) is 4.79 Å². The Bertz CT molecular complexity index is 729. The first-order valence-corrected chi connectivity index (χ1v) is 8.19. The maximum absolute atomic E-state index is 12.3. The summed E-state index contributed by atoms with van der Waals surface area (Å²) in [6.07, 6.45) is 4.53. The fourth-order valence-corrected chi connectivity index (χ4v) is 3.17. The summed E-state index contributed by atoms with van der Waals surface area (Å²) in [5.41, 5.74) is 2.77. The highest BCUT2D eigenvalue weighted by Crippen LogP contribution is 2.50. The van der Waals surface area contributed by atoms with Gasteiger partial charge in [0.1, 0.15) is 11.4 Å². The van der Waals surface area contributed by atoms with E-state index in [2.05, 4.69) is 21.6 Å². The number of aromatic amines is 1. The van der Waals surface area contributed by atoms with Crippen LogP contribution >= 0.6 is 0 Å². The molecule has 2 aliphatic rings. The van der Waals surface area contributed by atoms with Crippen molar-refractivity contribution in [3.05, 3.63) is 47.3 Å². The molecule has 1 amide bonds. The Kier molecular flexibility index (Phi) is 3.36. The number of ether oxygens (including phenoxy) is 1. The Balaban J connectivity index is 1.44. The second-order valence-corrected chi connectivity index (χ2v) is 6.65. The number of nitrogens with one attached hydrogen (secondary N) is 2. The van der Waals surface area contributed by atoms with Gasteiger partial charge >= 0.3 is 0 Å². The number of nitrogens with zero attached hydrogens (tertiary/aromatic N) is 1. The van der Waals surface area contributed by atoms with Crippen molar-refractivity contribution in [2.24, 2.45) is 0 Å². The molecule has 1 heterocycles. The predicted molar refractivity (Wildman–Crippen MR) is 86.8 cm³/mol. The molecule has 2 N–H and O–H groups in total. The highest BCUT2D eigenvalue weighted by Gasteiger charge is 2.46. The van der Waals surface area contributed by atoms with Gasteiger partial charge in [0.05, 0.1) is 7.11 Å². The zero-order chi connectivity index (χ0) is 15.9. The average molecular weight is 311 g/mol. The standard InChI is InChI=1S/C18H21N3O2/c1-23-16-5-3-2-4-13(16)18(8-9-18)11-19-17(22)15-10-14(20-21-15)12-6-7-12/h2-5,10,12H,6-9,11H2,1H3,(H,19,22)(H,20,21). The van der Waals surface area contributed by atoms with Gasteiger partial charge in [0, 0.05) is 29.1 Å². The summed E-state index contributed by atoms with van der Waals surface area (Å²) < 4.78 is 5.47. The molecule has 0 saturated heterocycles. The summed E-state index contributed by atoms with van der Waals surface area (Å²) in [5.74, 6) is 1.37. The van der Waals surface area contributed by atoms with Crippen LogP contribution in [0, 0.1) is 0 Å². The first-order chi connectivity index (χ1) is 11.2. The van der Waals surface area contributed by atoms with Crippen LogP contribution in [0.2, 0.25) is 0 Å². The normalized spacial score (nSPS) is 18.5. The Hall–Kier alpha value is -2.30.